The maximum Gasteiger partial charge on any atom is 0.250 e. The van der Waals surface area contributed by atoms with Gasteiger partial charge in [0.1, 0.15) is 0 Å². The molecule has 1 N–H and O–H groups in total. The lowest BCUT2D eigenvalue weighted by atomic mass is 9.87. The normalized spacial score (nSPS) is 11.7. The SMILES string of the molecule is CC(C)(C)c1ccc(-c2nnc(SCC(=O)N/N=C/c3ccc(Cl)cc3Cl)n2-c2ccccc2)cc1. The number of thioether (sulfide) groups is 1. The van der Waals surface area contributed by atoms with Crippen LogP contribution in [0.1, 0.15) is 31.9 Å². The van der Waals surface area contributed by atoms with Crippen molar-refractivity contribution in [3.05, 3.63) is 94.0 Å². The lowest BCUT2D eigenvalue weighted by Crippen LogP contribution is -2.20. The number of amides is 1. The highest BCUT2D eigenvalue weighted by atomic mass is 35.5. The Morgan fingerprint density at radius 1 is 1.03 bits per heavy atom. The van der Waals surface area contributed by atoms with Crippen molar-refractivity contribution in [3.63, 3.8) is 0 Å². The van der Waals surface area contributed by atoms with E-state index in [0.29, 0.717) is 26.6 Å². The zero-order valence-corrected chi connectivity index (χ0v) is 22.4. The summed E-state index contributed by atoms with van der Waals surface area (Å²) in [5.74, 6) is 0.541. The van der Waals surface area contributed by atoms with Crippen LogP contribution < -0.4 is 5.43 Å². The number of nitrogens with zero attached hydrogens (tertiary/aromatic N) is 4. The maximum absolute atomic E-state index is 12.4. The van der Waals surface area contributed by atoms with Gasteiger partial charge >= 0.3 is 0 Å². The molecule has 1 heterocycles. The number of nitrogens with one attached hydrogen (secondary N) is 1. The minimum atomic E-state index is -0.278. The third-order valence-electron chi connectivity index (χ3n) is 5.34. The predicted octanol–water partition coefficient (Wildman–Crippen LogP) is 6.78. The topological polar surface area (TPSA) is 72.2 Å². The molecule has 0 saturated heterocycles. The number of carbonyl (C=O) groups is 1. The van der Waals surface area contributed by atoms with Gasteiger partial charge in [0.15, 0.2) is 11.0 Å². The van der Waals surface area contributed by atoms with Crippen molar-refractivity contribution >= 4 is 47.1 Å². The third-order valence-corrected chi connectivity index (χ3v) is 6.84. The summed E-state index contributed by atoms with van der Waals surface area (Å²) in [6, 6.07) is 23.2. The van der Waals surface area contributed by atoms with Gasteiger partial charge < -0.3 is 0 Å². The minimum absolute atomic E-state index is 0.0569. The van der Waals surface area contributed by atoms with Crippen LogP contribution in [0.5, 0.6) is 0 Å². The predicted molar refractivity (Wildman–Crippen MR) is 148 cm³/mol. The van der Waals surface area contributed by atoms with Crippen LogP contribution in [-0.4, -0.2) is 32.6 Å². The summed E-state index contributed by atoms with van der Waals surface area (Å²) in [4.78, 5) is 12.4. The molecule has 0 atom stereocenters. The molecule has 0 aliphatic rings. The van der Waals surface area contributed by atoms with Gasteiger partial charge in [0.2, 0.25) is 0 Å². The van der Waals surface area contributed by atoms with Gasteiger partial charge in [-0.2, -0.15) is 5.10 Å². The van der Waals surface area contributed by atoms with E-state index in [1.807, 2.05) is 34.9 Å². The zero-order chi connectivity index (χ0) is 25.7. The van der Waals surface area contributed by atoms with Crippen LogP contribution in [0.15, 0.2) is 83.1 Å². The Kier molecular flexibility index (Phi) is 8.14. The highest BCUT2D eigenvalue weighted by Crippen LogP contribution is 2.30. The zero-order valence-electron chi connectivity index (χ0n) is 20.1. The van der Waals surface area contributed by atoms with E-state index < -0.39 is 0 Å². The summed E-state index contributed by atoms with van der Waals surface area (Å²) in [6.07, 6.45) is 1.48. The van der Waals surface area contributed by atoms with Crippen molar-refractivity contribution in [2.75, 3.05) is 5.75 Å². The quantitative estimate of drug-likeness (QED) is 0.160. The summed E-state index contributed by atoms with van der Waals surface area (Å²) in [7, 11) is 0. The molecule has 4 aromatic rings. The van der Waals surface area contributed by atoms with Crippen LogP contribution in [-0.2, 0) is 10.2 Å². The molecule has 0 fully saturated rings. The van der Waals surface area contributed by atoms with Crippen molar-refractivity contribution in [3.8, 4) is 17.1 Å². The number of rotatable bonds is 7. The van der Waals surface area contributed by atoms with Gasteiger partial charge in [0.25, 0.3) is 5.91 Å². The average Bonchev–Trinajstić information content (AvgIpc) is 3.28. The molecular formula is C27H25Cl2N5OS. The molecule has 36 heavy (non-hydrogen) atoms. The third kappa shape index (κ3) is 6.35. The van der Waals surface area contributed by atoms with Crippen LogP contribution in [0.4, 0.5) is 0 Å². The van der Waals surface area contributed by atoms with E-state index in [-0.39, 0.29) is 17.1 Å². The molecule has 0 saturated carbocycles. The van der Waals surface area contributed by atoms with Gasteiger partial charge in [0.05, 0.1) is 17.0 Å². The second kappa shape index (κ2) is 11.3. The second-order valence-corrected chi connectivity index (χ2v) is 10.8. The summed E-state index contributed by atoms with van der Waals surface area (Å²) in [5, 5.41) is 14.4. The van der Waals surface area contributed by atoms with E-state index >= 15 is 0 Å². The Hall–Kier alpha value is -3.13. The Morgan fingerprint density at radius 2 is 1.75 bits per heavy atom. The van der Waals surface area contributed by atoms with Gasteiger partial charge in [-0.3, -0.25) is 9.36 Å². The first-order valence-electron chi connectivity index (χ1n) is 11.2. The van der Waals surface area contributed by atoms with Crippen molar-refractivity contribution in [2.24, 2.45) is 5.10 Å². The fourth-order valence-corrected chi connectivity index (χ4v) is 4.62. The molecule has 0 radical (unpaired) electrons. The summed E-state index contributed by atoms with van der Waals surface area (Å²) >= 11 is 13.3. The van der Waals surface area contributed by atoms with Crippen LogP contribution in [0.25, 0.3) is 17.1 Å². The van der Waals surface area contributed by atoms with Crippen molar-refractivity contribution < 1.29 is 4.79 Å². The number of hydrazone groups is 1. The van der Waals surface area contributed by atoms with Crippen LogP contribution in [0.2, 0.25) is 10.0 Å². The van der Waals surface area contributed by atoms with Gasteiger partial charge in [-0.15, -0.1) is 10.2 Å². The number of aromatic nitrogens is 3. The van der Waals surface area contributed by atoms with E-state index in [9.17, 15) is 4.79 Å². The molecule has 6 nitrogen and oxygen atoms in total. The van der Waals surface area contributed by atoms with E-state index in [1.54, 1.807) is 18.2 Å². The average molecular weight is 539 g/mol. The van der Waals surface area contributed by atoms with Crippen LogP contribution >= 0.6 is 35.0 Å². The summed E-state index contributed by atoms with van der Waals surface area (Å²) < 4.78 is 1.96. The molecule has 184 valence electrons. The number of carbonyl (C=O) groups excluding carboxylic acids is 1. The monoisotopic (exact) mass is 537 g/mol. The molecule has 9 heteroatoms. The van der Waals surface area contributed by atoms with Crippen molar-refractivity contribution in [1.29, 1.82) is 0 Å². The second-order valence-electron chi connectivity index (χ2n) is 9.05. The van der Waals surface area contributed by atoms with Crippen molar-refractivity contribution in [1.82, 2.24) is 20.2 Å². The van der Waals surface area contributed by atoms with Gasteiger partial charge in [-0.25, -0.2) is 5.43 Å². The van der Waals surface area contributed by atoms with E-state index in [4.69, 9.17) is 23.2 Å². The van der Waals surface area contributed by atoms with E-state index in [0.717, 1.165) is 11.3 Å². The Labute approximate surface area is 224 Å². The summed E-state index contributed by atoms with van der Waals surface area (Å²) in [5.41, 5.74) is 6.33. The lowest BCUT2D eigenvalue weighted by Gasteiger charge is -2.19. The van der Waals surface area contributed by atoms with Crippen molar-refractivity contribution in [2.45, 2.75) is 31.3 Å². The highest BCUT2D eigenvalue weighted by molar-refractivity contribution is 7.99. The van der Waals surface area contributed by atoms with Gasteiger partial charge in [-0.1, -0.05) is 104 Å². The number of benzene rings is 3. The molecule has 0 unspecified atom stereocenters. The minimum Gasteiger partial charge on any atom is -0.272 e. The first-order chi connectivity index (χ1) is 17.2. The molecule has 0 spiro atoms. The summed E-state index contributed by atoms with van der Waals surface area (Å²) in [6.45, 7) is 6.55. The Bertz CT molecular complexity index is 1380. The fraction of sp³-hybridized carbons (Fsp3) is 0.185. The smallest absolute Gasteiger partial charge is 0.250 e. The maximum atomic E-state index is 12.4. The number of halogens is 2. The Balaban J connectivity index is 1.51. The number of para-hydroxylation sites is 1. The lowest BCUT2D eigenvalue weighted by molar-refractivity contribution is -0.118. The molecule has 1 amide bonds. The molecule has 3 aromatic carbocycles. The fourth-order valence-electron chi connectivity index (χ4n) is 3.42. The number of hydrogen-bond donors (Lipinski definition) is 1. The number of hydrogen-bond acceptors (Lipinski definition) is 5. The standard InChI is InChI=1S/C27H25Cl2N5OS/c1-27(2,3)20-12-9-18(10-13-20)25-32-33-26(34(25)22-7-5-4-6-8-22)36-17-24(35)31-30-16-19-11-14-21(28)15-23(19)29/h4-16H,17H2,1-3H3,(H,31,35)/b30-16+. The molecular weight excluding hydrogens is 513 g/mol. The van der Waals surface area contributed by atoms with Gasteiger partial charge in [0, 0.05) is 21.8 Å². The molecule has 0 aliphatic heterocycles. The highest BCUT2D eigenvalue weighted by Gasteiger charge is 2.19. The Morgan fingerprint density at radius 3 is 2.42 bits per heavy atom. The molecule has 0 aliphatic carbocycles. The van der Waals surface area contributed by atoms with Crippen LogP contribution in [0.3, 0.4) is 0 Å². The molecule has 0 bridgehead atoms. The molecule has 4 rings (SSSR count). The van der Waals surface area contributed by atoms with E-state index in [2.05, 4.69) is 65.8 Å². The van der Waals surface area contributed by atoms with Crippen LogP contribution in [0, 0.1) is 0 Å². The van der Waals surface area contributed by atoms with E-state index in [1.165, 1.54) is 23.5 Å². The first-order valence-corrected chi connectivity index (χ1v) is 13.0. The van der Waals surface area contributed by atoms with Gasteiger partial charge in [-0.05, 0) is 35.2 Å². The molecule has 1 aromatic heterocycles. The first kappa shape index (κ1) is 25.9. The largest absolute Gasteiger partial charge is 0.272 e.